The van der Waals surface area contributed by atoms with Crippen LogP contribution in [0.4, 0.5) is 5.69 Å². The Morgan fingerprint density at radius 3 is 2.53 bits per heavy atom. The van der Waals surface area contributed by atoms with E-state index in [2.05, 4.69) is 0 Å². The number of methoxy groups -OCH3 is 1. The summed E-state index contributed by atoms with van der Waals surface area (Å²) >= 11 is 0. The molecule has 1 saturated carbocycles. The number of nitrogens with zero attached hydrogens (tertiary/aromatic N) is 1. The minimum atomic E-state index is -0.0485. The van der Waals surface area contributed by atoms with Gasteiger partial charge in [-0.3, -0.25) is 9.59 Å². The SMILES string of the molecule is COc1ccccc1N(C)C(=O)C1CCC(=O)CC1. The van der Waals surface area contributed by atoms with Crippen molar-refractivity contribution >= 4 is 17.4 Å². The lowest BCUT2D eigenvalue weighted by molar-refractivity contribution is -0.126. The second-order valence-electron chi connectivity index (χ2n) is 4.88. The van der Waals surface area contributed by atoms with E-state index in [-0.39, 0.29) is 17.6 Å². The van der Waals surface area contributed by atoms with Gasteiger partial charge in [0.25, 0.3) is 0 Å². The topological polar surface area (TPSA) is 46.6 Å². The van der Waals surface area contributed by atoms with E-state index < -0.39 is 0 Å². The molecule has 1 fully saturated rings. The highest BCUT2D eigenvalue weighted by atomic mass is 16.5. The van der Waals surface area contributed by atoms with E-state index in [9.17, 15) is 9.59 Å². The average molecular weight is 261 g/mol. The molecule has 19 heavy (non-hydrogen) atoms. The van der Waals surface area contributed by atoms with Crippen LogP contribution in [0, 0.1) is 5.92 Å². The van der Waals surface area contributed by atoms with E-state index in [0.29, 0.717) is 31.4 Å². The number of Topliss-reactive ketones (excluding diaryl/α,β-unsaturated/α-hetero) is 1. The first-order valence-corrected chi connectivity index (χ1v) is 6.55. The number of amides is 1. The Kier molecular flexibility index (Phi) is 4.20. The molecule has 1 aromatic rings. The number of hydrogen-bond donors (Lipinski definition) is 0. The van der Waals surface area contributed by atoms with Gasteiger partial charge in [-0.2, -0.15) is 0 Å². The van der Waals surface area contributed by atoms with Gasteiger partial charge in [-0.25, -0.2) is 0 Å². The Morgan fingerprint density at radius 2 is 1.89 bits per heavy atom. The van der Waals surface area contributed by atoms with Gasteiger partial charge in [0.2, 0.25) is 5.91 Å². The summed E-state index contributed by atoms with van der Waals surface area (Å²) in [7, 11) is 3.35. The maximum Gasteiger partial charge on any atom is 0.229 e. The first kappa shape index (κ1) is 13.6. The summed E-state index contributed by atoms with van der Waals surface area (Å²) in [4.78, 5) is 25.3. The van der Waals surface area contributed by atoms with Crippen molar-refractivity contribution in [2.45, 2.75) is 25.7 Å². The zero-order valence-electron chi connectivity index (χ0n) is 11.4. The first-order chi connectivity index (χ1) is 9.13. The quantitative estimate of drug-likeness (QED) is 0.839. The van der Waals surface area contributed by atoms with Crippen molar-refractivity contribution in [3.05, 3.63) is 24.3 Å². The summed E-state index contributed by atoms with van der Waals surface area (Å²) in [6.45, 7) is 0. The summed E-state index contributed by atoms with van der Waals surface area (Å²) in [6.07, 6.45) is 2.38. The van der Waals surface area contributed by atoms with Crippen LogP contribution in [0.15, 0.2) is 24.3 Å². The van der Waals surface area contributed by atoms with Crippen molar-refractivity contribution in [1.82, 2.24) is 0 Å². The standard InChI is InChI=1S/C15H19NO3/c1-16(13-5-3-4-6-14(13)19-2)15(18)11-7-9-12(17)10-8-11/h3-6,11H,7-10H2,1-2H3. The van der Waals surface area contributed by atoms with Crippen molar-refractivity contribution in [2.24, 2.45) is 5.92 Å². The number of hydrogen-bond acceptors (Lipinski definition) is 3. The maximum absolute atomic E-state index is 12.4. The van der Waals surface area contributed by atoms with Crippen molar-refractivity contribution in [1.29, 1.82) is 0 Å². The molecule has 0 N–H and O–H groups in total. The van der Waals surface area contributed by atoms with E-state index in [1.807, 2.05) is 24.3 Å². The maximum atomic E-state index is 12.4. The van der Waals surface area contributed by atoms with E-state index in [0.717, 1.165) is 5.69 Å². The Morgan fingerprint density at radius 1 is 1.26 bits per heavy atom. The molecule has 1 aromatic carbocycles. The van der Waals surface area contributed by atoms with E-state index >= 15 is 0 Å². The molecule has 0 bridgehead atoms. The fourth-order valence-electron chi connectivity index (χ4n) is 2.49. The normalized spacial score (nSPS) is 16.2. The van der Waals surface area contributed by atoms with Gasteiger partial charge in [-0.1, -0.05) is 12.1 Å². The number of ether oxygens (including phenoxy) is 1. The molecule has 0 aromatic heterocycles. The molecular formula is C15H19NO3. The lowest BCUT2D eigenvalue weighted by atomic mass is 9.87. The highest BCUT2D eigenvalue weighted by Gasteiger charge is 2.28. The van der Waals surface area contributed by atoms with Gasteiger partial charge in [-0.05, 0) is 25.0 Å². The zero-order chi connectivity index (χ0) is 13.8. The molecule has 1 aliphatic carbocycles. The number of benzene rings is 1. The smallest absolute Gasteiger partial charge is 0.229 e. The minimum Gasteiger partial charge on any atom is -0.495 e. The molecule has 0 unspecified atom stereocenters. The highest BCUT2D eigenvalue weighted by molar-refractivity contribution is 5.97. The summed E-state index contributed by atoms with van der Waals surface area (Å²) in [6, 6.07) is 7.46. The van der Waals surface area contributed by atoms with Gasteiger partial charge < -0.3 is 9.64 Å². The Bertz CT molecular complexity index is 474. The number of rotatable bonds is 3. The molecular weight excluding hydrogens is 242 g/mol. The fraction of sp³-hybridized carbons (Fsp3) is 0.467. The molecule has 1 aliphatic rings. The van der Waals surface area contributed by atoms with Crippen LogP contribution in [0.5, 0.6) is 5.75 Å². The van der Waals surface area contributed by atoms with Crippen LogP contribution in [0.25, 0.3) is 0 Å². The minimum absolute atomic E-state index is 0.0485. The lowest BCUT2D eigenvalue weighted by Gasteiger charge is -2.27. The van der Waals surface area contributed by atoms with Crippen LogP contribution in [-0.4, -0.2) is 25.8 Å². The summed E-state index contributed by atoms with van der Waals surface area (Å²) in [5.41, 5.74) is 0.770. The molecule has 4 heteroatoms. The van der Waals surface area contributed by atoms with E-state index in [1.165, 1.54) is 0 Å². The summed E-state index contributed by atoms with van der Waals surface area (Å²) < 4.78 is 5.27. The molecule has 0 spiro atoms. The number of para-hydroxylation sites is 2. The number of anilines is 1. The predicted molar refractivity (Wildman–Crippen MR) is 73.4 cm³/mol. The number of ketones is 1. The molecule has 102 valence electrons. The zero-order valence-corrected chi connectivity index (χ0v) is 11.4. The van der Waals surface area contributed by atoms with Crippen LogP contribution in [0.2, 0.25) is 0 Å². The van der Waals surface area contributed by atoms with Crippen molar-refractivity contribution < 1.29 is 14.3 Å². The van der Waals surface area contributed by atoms with E-state index in [1.54, 1.807) is 19.1 Å². The monoisotopic (exact) mass is 261 g/mol. The van der Waals surface area contributed by atoms with Gasteiger partial charge in [0.1, 0.15) is 11.5 Å². The van der Waals surface area contributed by atoms with Gasteiger partial charge >= 0.3 is 0 Å². The summed E-state index contributed by atoms with van der Waals surface area (Å²) in [5.74, 6) is 0.971. The van der Waals surface area contributed by atoms with Crippen LogP contribution in [0.3, 0.4) is 0 Å². The second kappa shape index (κ2) is 5.87. The van der Waals surface area contributed by atoms with Gasteiger partial charge in [0.15, 0.2) is 0 Å². The largest absolute Gasteiger partial charge is 0.495 e. The third-order valence-electron chi connectivity index (χ3n) is 3.67. The number of carbonyl (C=O) groups is 2. The van der Waals surface area contributed by atoms with E-state index in [4.69, 9.17) is 4.74 Å². The van der Waals surface area contributed by atoms with Crippen LogP contribution < -0.4 is 9.64 Å². The second-order valence-corrected chi connectivity index (χ2v) is 4.88. The molecule has 2 rings (SSSR count). The Hall–Kier alpha value is -1.84. The fourth-order valence-corrected chi connectivity index (χ4v) is 2.49. The van der Waals surface area contributed by atoms with Crippen molar-refractivity contribution in [3.63, 3.8) is 0 Å². The van der Waals surface area contributed by atoms with Gasteiger partial charge in [0, 0.05) is 25.8 Å². The van der Waals surface area contributed by atoms with Crippen LogP contribution in [0.1, 0.15) is 25.7 Å². The van der Waals surface area contributed by atoms with Crippen molar-refractivity contribution in [2.75, 3.05) is 19.1 Å². The third kappa shape index (κ3) is 2.95. The Balaban J connectivity index is 2.12. The molecule has 0 radical (unpaired) electrons. The summed E-state index contributed by atoms with van der Waals surface area (Å²) in [5, 5.41) is 0. The van der Waals surface area contributed by atoms with Crippen LogP contribution in [-0.2, 0) is 9.59 Å². The average Bonchev–Trinajstić information content (AvgIpc) is 2.46. The van der Waals surface area contributed by atoms with Gasteiger partial charge in [-0.15, -0.1) is 0 Å². The molecule has 0 aliphatic heterocycles. The van der Waals surface area contributed by atoms with Gasteiger partial charge in [0.05, 0.1) is 12.8 Å². The molecule has 1 amide bonds. The Labute approximate surface area is 113 Å². The van der Waals surface area contributed by atoms with Crippen molar-refractivity contribution in [3.8, 4) is 5.75 Å². The lowest BCUT2D eigenvalue weighted by Crippen LogP contribution is -2.35. The highest BCUT2D eigenvalue weighted by Crippen LogP contribution is 2.30. The predicted octanol–water partition coefficient (Wildman–Crippen LogP) is 2.42. The molecule has 0 heterocycles. The molecule has 4 nitrogen and oxygen atoms in total. The molecule has 0 atom stereocenters. The molecule has 0 saturated heterocycles. The third-order valence-corrected chi connectivity index (χ3v) is 3.67. The first-order valence-electron chi connectivity index (χ1n) is 6.55. The van der Waals surface area contributed by atoms with Crippen LogP contribution >= 0.6 is 0 Å². The number of carbonyl (C=O) groups excluding carboxylic acids is 2.